The molecule has 88 valence electrons. The van der Waals surface area contributed by atoms with Gasteiger partial charge in [0.05, 0.1) is 18.4 Å². The molecule has 0 aromatic carbocycles. The van der Waals surface area contributed by atoms with Crippen LogP contribution in [0.3, 0.4) is 0 Å². The van der Waals surface area contributed by atoms with Crippen LogP contribution >= 0.6 is 0 Å². The zero-order valence-corrected chi connectivity index (χ0v) is 10.3. The van der Waals surface area contributed by atoms with Gasteiger partial charge < -0.3 is 5.32 Å². The Labute approximate surface area is 90.6 Å². The first-order valence-corrected chi connectivity index (χ1v) is 5.94. The standard InChI is InChI=1S/C9H17NO4S/c1-7(2)8(11)10-9(3,4)6-15(12,13)14-5/h1,6H2,2-5H3,(H,10,11). The van der Waals surface area contributed by atoms with Crippen molar-refractivity contribution in [2.75, 3.05) is 12.9 Å². The second-order valence-corrected chi connectivity index (χ2v) is 5.72. The van der Waals surface area contributed by atoms with E-state index < -0.39 is 15.7 Å². The van der Waals surface area contributed by atoms with E-state index in [2.05, 4.69) is 16.1 Å². The molecule has 1 amide bonds. The van der Waals surface area contributed by atoms with Crippen molar-refractivity contribution in [1.29, 1.82) is 0 Å². The molecule has 0 heterocycles. The molecule has 0 unspecified atom stereocenters. The minimum Gasteiger partial charge on any atom is -0.346 e. The third-order valence-electron chi connectivity index (χ3n) is 1.63. The smallest absolute Gasteiger partial charge is 0.269 e. The average molecular weight is 235 g/mol. The van der Waals surface area contributed by atoms with Crippen molar-refractivity contribution in [3.05, 3.63) is 12.2 Å². The van der Waals surface area contributed by atoms with Crippen LogP contribution in [0.2, 0.25) is 0 Å². The molecule has 0 fully saturated rings. The van der Waals surface area contributed by atoms with Crippen LogP contribution in [0.25, 0.3) is 0 Å². The number of rotatable bonds is 5. The highest BCUT2D eigenvalue weighted by Gasteiger charge is 2.27. The lowest BCUT2D eigenvalue weighted by molar-refractivity contribution is -0.118. The van der Waals surface area contributed by atoms with E-state index in [4.69, 9.17) is 0 Å². The van der Waals surface area contributed by atoms with Gasteiger partial charge in [-0.05, 0) is 20.8 Å². The topological polar surface area (TPSA) is 72.5 Å². The Bertz CT molecular complexity index is 356. The van der Waals surface area contributed by atoms with Gasteiger partial charge in [-0.3, -0.25) is 8.98 Å². The molecule has 0 atom stereocenters. The van der Waals surface area contributed by atoms with Crippen molar-refractivity contribution >= 4 is 16.0 Å². The van der Waals surface area contributed by atoms with E-state index in [1.165, 1.54) is 0 Å². The molecule has 15 heavy (non-hydrogen) atoms. The van der Waals surface area contributed by atoms with Crippen LogP contribution in [-0.4, -0.2) is 32.7 Å². The molecule has 0 aliphatic rings. The molecule has 1 N–H and O–H groups in total. The summed E-state index contributed by atoms with van der Waals surface area (Å²) in [6.45, 7) is 8.22. The fraction of sp³-hybridized carbons (Fsp3) is 0.667. The van der Waals surface area contributed by atoms with Crippen molar-refractivity contribution in [3.63, 3.8) is 0 Å². The van der Waals surface area contributed by atoms with E-state index in [-0.39, 0.29) is 11.7 Å². The van der Waals surface area contributed by atoms with E-state index in [1.807, 2.05) is 0 Å². The summed E-state index contributed by atoms with van der Waals surface area (Å²) < 4.78 is 26.7. The van der Waals surface area contributed by atoms with Gasteiger partial charge in [0.2, 0.25) is 5.91 Å². The molecule has 0 radical (unpaired) electrons. The molecule has 0 aliphatic carbocycles. The van der Waals surface area contributed by atoms with E-state index in [0.717, 1.165) is 7.11 Å². The summed E-state index contributed by atoms with van der Waals surface area (Å²) in [7, 11) is -2.50. The average Bonchev–Trinajstić information content (AvgIpc) is 2.01. The summed E-state index contributed by atoms with van der Waals surface area (Å²) in [4.78, 5) is 11.3. The molecule has 5 nitrogen and oxygen atoms in total. The molecule has 0 bridgehead atoms. The number of amides is 1. The predicted octanol–water partition coefficient (Wildman–Crippen LogP) is 0.433. The van der Waals surface area contributed by atoms with E-state index in [0.29, 0.717) is 5.57 Å². The van der Waals surface area contributed by atoms with Crippen LogP contribution in [0, 0.1) is 0 Å². The Hall–Kier alpha value is -0.880. The van der Waals surface area contributed by atoms with Gasteiger partial charge in [0.15, 0.2) is 0 Å². The van der Waals surface area contributed by atoms with E-state index >= 15 is 0 Å². The van der Waals surface area contributed by atoms with Gasteiger partial charge in [-0.25, -0.2) is 0 Å². The summed E-state index contributed by atoms with van der Waals surface area (Å²) in [6.07, 6.45) is 0. The fourth-order valence-corrected chi connectivity index (χ4v) is 2.02. The molecule has 0 saturated heterocycles. The first-order chi connectivity index (χ1) is 6.59. The predicted molar refractivity (Wildman–Crippen MR) is 57.8 cm³/mol. The highest BCUT2D eigenvalue weighted by molar-refractivity contribution is 7.86. The maximum absolute atomic E-state index is 11.3. The maximum atomic E-state index is 11.3. The summed E-state index contributed by atoms with van der Waals surface area (Å²) in [5.41, 5.74) is -0.553. The summed E-state index contributed by atoms with van der Waals surface area (Å²) >= 11 is 0. The minimum atomic E-state index is -3.59. The van der Waals surface area contributed by atoms with Crippen molar-refractivity contribution in [2.45, 2.75) is 26.3 Å². The highest BCUT2D eigenvalue weighted by atomic mass is 32.2. The monoisotopic (exact) mass is 235 g/mol. The molecule has 0 saturated carbocycles. The van der Waals surface area contributed by atoms with Crippen LogP contribution in [0.15, 0.2) is 12.2 Å². The van der Waals surface area contributed by atoms with Gasteiger partial charge in [-0.1, -0.05) is 6.58 Å². The Kier molecular flexibility index (Phi) is 4.48. The lowest BCUT2D eigenvalue weighted by Crippen LogP contribution is -2.48. The summed E-state index contributed by atoms with van der Waals surface area (Å²) in [5, 5.41) is 2.55. The van der Waals surface area contributed by atoms with Crippen LogP contribution in [0.5, 0.6) is 0 Å². The van der Waals surface area contributed by atoms with Gasteiger partial charge in [-0.2, -0.15) is 8.42 Å². The Morgan fingerprint density at radius 3 is 2.27 bits per heavy atom. The minimum absolute atomic E-state index is 0.282. The molecule has 0 aliphatic heterocycles. The Morgan fingerprint density at radius 2 is 1.93 bits per heavy atom. The van der Waals surface area contributed by atoms with E-state index in [9.17, 15) is 13.2 Å². The molecule has 0 aromatic heterocycles. The molecular formula is C9H17NO4S. The quantitative estimate of drug-likeness (QED) is 0.554. The fourth-order valence-electron chi connectivity index (χ4n) is 0.951. The second kappa shape index (κ2) is 4.76. The van der Waals surface area contributed by atoms with Gasteiger partial charge >= 0.3 is 0 Å². The number of carbonyl (C=O) groups excluding carboxylic acids is 1. The largest absolute Gasteiger partial charge is 0.346 e. The first kappa shape index (κ1) is 14.1. The van der Waals surface area contributed by atoms with Crippen molar-refractivity contribution in [2.24, 2.45) is 0 Å². The van der Waals surface area contributed by atoms with Crippen LogP contribution in [0.1, 0.15) is 20.8 Å². The second-order valence-electron chi connectivity index (χ2n) is 3.99. The number of nitrogens with one attached hydrogen (secondary N) is 1. The number of carbonyl (C=O) groups is 1. The lowest BCUT2D eigenvalue weighted by Gasteiger charge is -2.25. The van der Waals surface area contributed by atoms with Crippen LogP contribution in [0.4, 0.5) is 0 Å². The molecule has 0 rings (SSSR count). The van der Waals surface area contributed by atoms with Crippen LogP contribution < -0.4 is 5.32 Å². The molecule has 0 aromatic rings. The summed E-state index contributed by atoms with van der Waals surface area (Å²) in [5.74, 6) is -0.651. The SMILES string of the molecule is C=C(C)C(=O)NC(C)(C)CS(=O)(=O)OC. The van der Waals surface area contributed by atoms with Gasteiger partial charge in [-0.15, -0.1) is 0 Å². The first-order valence-electron chi connectivity index (χ1n) is 4.36. The van der Waals surface area contributed by atoms with E-state index in [1.54, 1.807) is 20.8 Å². The highest BCUT2D eigenvalue weighted by Crippen LogP contribution is 2.08. The van der Waals surface area contributed by atoms with Crippen molar-refractivity contribution in [3.8, 4) is 0 Å². The molecule has 6 heteroatoms. The number of hydrogen-bond acceptors (Lipinski definition) is 4. The third kappa shape index (κ3) is 5.54. The Balaban J connectivity index is 4.58. The lowest BCUT2D eigenvalue weighted by atomic mass is 10.1. The maximum Gasteiger partial charge on any atom is 0.269 e. The van der Waals surface area contributed by atoms with Gasteiger partial charge in [0.1, 0.15) is 0 Å². The molecular weight excluding hydrogens is 218 g/mol. The van der Waals surface area contributed by atoms with Crippen molar-refractivity contribution in [1.82, 2.24) is 5.32 Å². The summed E-state index contributed by atoms with van der Waals surface area (Å²) in [6, 6.07) is 0. The Morgan fingerprint density at radius 1 is 1.47 bits per heavy atom. The third-order valence-corrected chi connectivity index (χ3v) is 3.21. The zero-order chi connectivity index (χ0) is 12.3. The zero-order valence-electron chi connectivity index (χ0n) is 9.46. The van der Waals surface area contributed by atoms with Gasteiger partial charge in [0.25, 0.3) is 10.1 Å². The number of hydrogen-bond donors (Lipinski definition) is 1. The normalized spacial score (nSPS) is 12.3. The van der Waals surface area contributed by atoms with Crippen LogP contribution in [-0.2, 0) is 19.1 Å². The van der Waals surface area contributed by atoms with Gasteiger partial charge in [0, 0.05) is 5.57 Å². The molecule has 0 spiro atoms. The van der Waals surface area contributed by atoms with Crippen molar-refractivity contribution < 1.29 is 17.4 Å².